The highest BCUT2D eigenvalue weighted by Crippen LogP contribution is 2.51. The van der Waals surface area contributed by atoms with E-state index < -0.39 is 5.54 Å². The summed E-state index contributed by atoms with van der Waals surface area (Å²) < 4.78 is 12.0. The molecule has 2 fully saturated rings. The number of epoxide rings is 1. The monoisotopic (exact) mass is 358 g/mol. The number of rotatable bonds is 0. The van der Waals surface area contributed by atoms with E-state index in [4.69, 9.17) is 9.47 Å². The third kappa shape index (κ3) is 3.15. The Morgan fingerprint density at radius 1 is 1.15 bits per heavy atom. The minimum absolute atomic E-state index is 0.0663. The quantitative estimate of drug-likeness (QED) is 0.363. The predicted octanol–water partition coefficient (Wildman–Crippen LogP) is 4.53. The lowest BCUT2D eigenvalue weighted by Gasteiger charge is -2.25. The van der Waals surface area contributed by atoms with Crippen molar-refractivity contribution in [1.82, 2.24) is 0 Å². The van der Waals surface area contributed by atoms with E-state index in [1.165, 1.54) is 11.1 Å². The first-order valence-electron chi connectivity index (χ1n) is 10.0. The number of carbonyl (C=O) groups is 1. The lowest BCUT2D eigenvalue weighted by Crippen LogP contribution is -2.40. The van der Waals surface area contributed by atoms with Gasteiger partial charge in [-0.2, -0.15) is 10.2 Å². The molecule has 3 aliphatic heterocycles. The summed E-state index contributed by atoms with van der Waals surface area (Å²) in [6.07, 6.45) is 11.3. The first-order valence-corrected chi connectivity index (χ1v) is 10.0. The van der Waals surface area contributed by atoms with Crippen LogP contribution in [0, 0.1) is 5.92 Å². The highest BCUT2D eigenvalue weighted by molar-refractivity contribution is 5.84. The SMILES string of the molecule is CC1=CCC[C@@]2(C)O[C@@H]2C[C@@H]2[C@H](CC(C)=CCC1)OC(=O)C21CCN=N1. The molecule has 0 bridgehead atoms. The lowest BCUT2D eigenvalue weighted by molar-refractivity contribution is -0.145. The highest BCUT2D eigenvalue weighted by atomic mass is 16.6. The Morgan fingerprint density at radius 2 is 1.96 bits per heavy atom. The van der Waals surface area contributed by atoms with Crippen molar-refractivity contribution >= 4 is 5.97 Å². The van der Waals surface area contributed by atoms with E-state index in [0.717, 1.165) is 38.5 Å². The largest absolute Gasteiger partial charge is 0.460 e. The molecule has 142 valence electrons. The van der Waals surface area contributed by atoms with Gasteiger partial charge in [0.15, 0.2) is 5.54 Å². The molecule has 0 amide bonds. The Kier molecular flexibility index (Phi) is 4.54. The smallest absolute Gasteiger partial charge is 0.336 e. The minimum Gasteiger partial charge on any atom is -0.460 e. The molecular weight excluding hydrogens is 328 g/mol. The van der Waals surface area contributed by atoms with Crippen LogP contribution >= 0.6 is 0 Å². The van der Waals surface area contributed by atoms with E-state index in [9.17, 15) is 4.79 Å². The van der Waals surface area contributed by atoms with E-state index in [0.29, 0.717) is 13.0 Å². The molecule has 1 unspecified atom stereocenters. The van der Waals surface area contributed by atoms with Crippen molar-refractivity contribution in [3.05, 3.63) is 23.3 Å². The first kappa shape index (κ1) is 17.9. The van der Waals surface area contributed by atoms with Crippen LogP contribution in [0.15, 0.2) is 33.5 Å². The molecule has 2 saturated heterocycles. The second-order valence-electron chi connectivity index (χ2n) is 8.73. The topological polar surface area (TPSA) is 63.5 Å². The maximum atomic E-state index is 12.7. The average molecular weight is 358 g/mol. The number of fused-ring (bicyclic) bond motifs is 3. The molecule has 0 aromatic heterocycles. The van der Waals surface area contributed by atoms with Gasteiger partial charge in [0.05, 0.1) is 18.2 Å². The number of carbonyl (C=O) groups excluding carboxylic acids is 1. The zero-order valence-electron chi connectivity index (χ0n) is 16.2. The van der Waals surface area contributed by atoms with Gasteiger partial charge in [-0.25, -0.2) is 4.79 Å². The van der Waals surface area contributed by atoms with Crippen molar-refractivity contribution in [3.8, 4) is 0 Å². The molecule has 1 spiro atoms. The zero-order chi connectivity index (χ0) is 18.4. The van der Waals surface area contributed by atoms with Gasteiger partial charge in [-0.1, -0.05) is 23.3 Å². The third-order valence-electron chi connectivity index (χ3n) is 6.71. The zero-order valence-corrected chi connectivity index (χ0v) is 16.2. The molecule has 5 heteroatoms. The van der Waals surface area contributed by atoms with Gasteiger partial charge in [0, 0.05) is 18.8 Å². The van der Waals surface area contributed by atoms with Gasteiger partial charge >= 0.3 is 5.97 Å². The Morgan fingerprint density at radius 3 is 2.73 bits per heavy atom. The molecule has 26 heavy (non-hydrogen) atoms. The summed E-state index contributed by atoms with van der Waals surface area (Å²) in [4.78, 5) is 12.7. The molecule has 5 nitrogen and oxygen atoms in total. The highest BCUT2D eigenvalue weighted by Gasteiger charge is 2.63. The molecule has 0 aromatic rings. The van der Waals surface area contributed by atoms with Gasteiger partial charge in [-0.3, -0.25) is 0 Å². The molecule has 4 aliphatic rings. The average Bonchev–Trinajstić information content (AvgIpc) is 2.94. The van der Waals surface area contributed by atoms with Crippen molar-refractivity contribution in [3.63, 3.8) is 0 Å². The van der Waals surface area contributed by atoms with Crippen LogP contribution in [0.1, 0.15) is 65.7 Å². The Labute approximate surface area is 155 Å². The molecule has 0 saturated carbocycles. The fourth-order valence-corrected chi connectivity index (χ4v) is 4.85. The van der Waals surface area contributed by atoms with Gasteiger partial charge in [0.2, 0.25) is 0 Å². The van der Waals surface area contributed by atoms with Crippen LogP contribution in [0.3, 0.4) is 0 Å². The molecule has 0 aromatic carbocycles. The van der Waals surface area contributed by atoms with Gasteiger partial charge in [-0.05, 0) is 52.9 Å². The van der Waals surface area contributed by atoms with Crippen LogP contribution in [0.5, 0.6) is 0 Å². The van der Waals surface area contributed by atoms with Crippen LogP contribution < -0.4 is 0 Å². The summed E-state index contributed by atoms with van der Waals surface area (Å²) in [5.41, 5.74) is 1.91. The van der Waals surface area contributed by atoms with Crippen molar-refractivity contribution in [2.45, 2.75) is 89.1 Å². The minimum atomic E-state index is -0.759. The van der Waals surface area contributed by atoms with E-state index in [1.54, 1.807) is 0 Å². The van der Waals surface area contributed by atoms with E-state index in [2.05, 4.69) is 43.2 Å². The number of allylic oxidation sites excluding steroid dienone is 3. The Hall–Kier alpha value is -1.49. The summed E-state index contributed by atoms with van der Waals surface area (Å²) >= 11 is 0. The normalized spacial score (nSPS) is 43.2. The second kappa shape index (κ2) is 6.59. The molecule has 3 heterocycles. The maximum absolute atomic E-state index is 12.7. The van der Waals surface area contributed by atoms with Gasteiger partial charge in [-0.15, -0.1) is 0 Å². The van der Waals surface area contributed by atoms with Gasteiger partial charge in [0.1, 0.15) is 6.10 Å². The number of nitrogens with zero attached hydrogens (tertiary/aromatic N) is 2. The summed E-state index contributed by atoms with van der Waals surface area (Å²) in [7, 11) is 0. The van der Waals surface area contributed by atoms with Crippen LogP contribution in [-0.2, 0) is 14.3 Å². The fraction of sp³-hybridized carbons (Fsp3) is 0.762. The second-order valence-corrected chi connectivity index (χ2v) is 8.73. The summed E-state index contributed by atoms with van der Waals surface area (Å²) in [5.74, 6) is -0.109. The van der Waals surface area contributed by atoms with Crippen LogP contribution in [0.2, 0.25) is 0 Å². The van der Waals surface area contributed by atoms with E-state index >= 15 is 0 Å². The number of esters is 1. The number of ether oxygens (including phenoxy) is 2. The van der Waals surface area contributed by atoms with Crippen LogP contribution in [-0.4, -0.2) is 35.9 Å². The predicted molar refractivity (Wildman–Crippen MR) is 98.9 cm³/mol. The standard InChI is InChI=1S/C21H30N2O3/c1-14-6-4-7-15(2)12-17-16(13-18-20(3,26-18)9-5-8-14)21(19(24)25-17)10-11-22-23-21/h7-8,16-18H,4-6,9-13H2,1-3H3/t16-,17+,18-,20-,21?/m1/s1. The maximum Gasteiger partial charge on any atom is 0.336 e. The Bertz CT molecular complexity index is 683. The van der Waals surface area contributed by atoms with Gasteiger partial charge < -0.3 is 9.47 Å². The van der Waals surface area contributed by atoms with Crippen molar-refractivity contribution in [2.75, 3.05) is 6.54 Å². The lowest BCUT2D eigenvalue weighted by atomic mass is 9.76. The van der Waals surface area contributed by atoms with Gasteiger partial charge in [0.25, 0.3) is 0 Å². The van der Waals surface area contributed by atoms with E-state index in [1.807, 2.05) is 0 Å². The molecule has 0 N–H and O–H groups in total. The van der Waals surface area contributed by atoms with E-state index in [-0.39, 0.29) is 29.7 Å². The third-order valence-corrected chi connectivity index (χ3v) is 6.71. The molecule has 4 rings (SSSR count). The number of hydrogen-bond donors (Lipinski definition) is 0. The molecule has 5 atom stereocenters. The fourth-order valence-electron chi connectivity index (χ4n) is 4.85. The first-order chi connectivity index (χ1) is 12.4. The van der Waals surface area contributed by atoms with Crippen molar-refractivity contribution < 1.29 is 14.3 Å². The molecular formula is C21H30N2O3. The van der Waals surface area contributed by atoms with Crippen molar-refractivity contribution in [2.24, 2.45) is 16.1 Å². The Balaban J connectivity index is 1.60. The van der Waals surface area contributed by atoms with Crippen LogP contribution in [0.25, 0.3) is 0 Å². The van der Waals surface area contributed by atoms with Crippen LogP contribution in [0.4, 0.5) is 0 Å². The molecule has 0 radical (unpaired) electrons. The molecule has 1 aliphatic carbocycles. The summed E-state index contributed by atoms with van der Waals surface area (Å²) in [5, 5.41) is 8.57. The summed E-state index contributed by atoms with van der Waals surface area (Å²) in [6, 6.07) is 0. The summed E-state index contributed by atoms with van der Waals surface area (Å²) in [6.45, 7) is 7.19. The number of azo groups is 1. The van der Waals surface area contributed by atoms with Crippen molar-refractivity contribution in [1.29, 1.82) is 0 Å². The number of hydrogen-bond acceptors (Lipinski definition) is 5.